The van der Waals surface area contributed by atoms with Gasteiger partial charge in [0.1, 0.15) is 5.75 Å². The summed E-state index contributed by atoms with van der Waals surface area (Å²) in [6, 6.07) is 41.7. The van der Waals surface area contributed by atoms with E-state index >= 15 is 0 Å². The van der Waals surface area contributed by atoms with Crippen LogP contribution in [0.15, 0.2) is 115 Å². The third-order valence-corrected chi connectivity index (χ3v) is 9.36. The predicted octanol–water partition coefficient (Wildman–Crippen LogP) is 11.1. The molecule has 206 valence electrons. The second kappa shape index (κ2) is 11.4. The zero-order chi connectivity index (χ0) is 27.8. The summed E-state index contributed by atoms with van der Waals surface area (Å²) in [5.74, 6) is 5.35. The molecule has 1 nitrogen and oxygen atoms in total. The van der Waals surface area contributed by atoms with Crippen molar-refractivity contribution in [1.82, 2.24) is 0 Å². The molecule has 4 aromatic rings. The molecule has 4 rings (SSSR count). The largest absolute Gasteiger partial charge is 1.00 e. The van der Waals surface area contributed by atoms with E-state index in [0.29, 0.717) is 0 Å². The summed E-state index contributed by atoms with van der Waals surface area (Å²) >= 11 is 0. The van der Waals surface area contributed by atoms with E-state index in [0.717, 1.165) is 28.8 Å². The summed E-state index contributed by atoms with van der Waals surface area (Å²) in [6.07, 6.45) is 0. The summed E-state index contributed by atoms with van der Waals surface area (Å²) < 4.78 is 64.6. The van der Waals surface area contributed by atoms with Gasteiger partial charge < -0.3 is 4.74 Å². The van der Waals surface area contributed by atoms with Crippen LogP contribution in [-0.4, -0.2) is 7.11 Å². The van der Waals surface area contributed by atoms with Crippen molar-refractivity contribution in [2.45, 2.75) is 23.0 Å². The van der Waals surface area contributed by atoms with Crippen molar-refractivity contribution in [3.63, 3.8) is 0 Å². The normalized spacial score (nSPS) is 13.9. The quantitative estimate of drug-likeness (QED) is 0.143. The number of benzene rings is 4. The van der Waals surface area contributed by atoms with Crippen LogP contribution in [0, 0.1) is 0 Å². The monoisotopic (exact) mass is 572 g/mol. The first-order valence-corrected chi connectivity index (χ1v) is 16.1. The first kappa shape index (κ1) is 29.6. The maximum atomic E-state index is 9.87. The van der Waals surface area contributed by atoms with Crippen molar-refractivity contribution in [2.24, 2.45) is 0 Å². The van der Waals surface area contributed by atoms with Crippen LogP contribution in [0.1, 0.15) is 23.7 Å². The van der Waals surface area contributed by atoms with E-state index in [4.69, 9.17) is 4.74 Å². The Morgan fingerprint density at radius 1 is 0.500 bits per heavy atom. The Morgan fingerprint density at radius 2 is 0.763 bits per heavy atom. The van der Waals surface area contributed by atoms with E-state index in [2.05, 4.69) is 115 Å². The van der Waals surface area contributed by atoms with Crippen LogP contribution in [-0.2, 0) is 23.0 Å². The molecule has 9 heteroatoms. The first-order chi connectivity index (χ1) is 17.7. The van der Waals surface area contributed by atoms with Crippen molar-refractivity contribution in [3.8, 4) is 5.75 Å². The maximum absolute atomic E-state index is 10.7. The summed E-state index contributed by atoms with van der Waals surface area (Å²) in [5, 5.41) is 0. The van der Waals surface area contributed by atoms with Gasteiger partial charge in [-0.3, -0.25) is 0 Å². The van der Waals surface area contributed by atoms with Crippen molar-refractivity contribution >= 4 is 17.8 Å². The average Bonchev–Trinajstić information content (AvgIpc) is 2.84. The Hall–Kier alpha value is -2.96. The molecular formula is C29H31F6OPS. The predicted molar refractivity (Wildman–Crippen MR) is 149 cm³/mol. The maximum Gasteiger partial charge on any atom is 1.00 e. The molecule has 0 spiro atoms. The van der Waals surface area contributed by atoms with Gasteiger partial charge in [-0.1, -0.05) is 103 Å². The molecule has 0 aromatic heterocycles. The number of hydrogen-bond acceptors (Lipinski definition) is 1. The molecule has 0 saturated carbocycles. The Balaban J connectivity index is 0.000000592. The Labute approximate surface area is 222 Å². The van der Waals surface area contributed by atoms with Crippen molar-refractivity contribution in [2.75, 3.05) is 7.11 Å². The molecule has 4 aromatic carbocycles. The van der Waals surface area contributed by atoms with Crippen molar-refractivity contribution < 1.29 is 31.3 Å². The van der Waals surface area contributed by atoms with Crippen LogP contribution >= 0.6 is 17.8 Å². The molecule has 0 heterocycles. The van der Waals surface area contributed by atoms with Crippen molar-refractivity contribution in [1.29, 1.82) is 0 Å². The average molecular weight is 573 g/mol. The molecule has 0 atom stereocenters. The minimum absolute atomic E-state index is 0. The van der Waals surface area contributed by atoms with Gasteiger partial charge >= 0.3 is 34.4 Å². The van der Waals surface area contributed by atoms with Gasteiger partial charge in [0.15, 0.2) is 0 Å². The van der Waals surface area contributed by atoms with Crippen LogP contribution in [0.3, 0.4) is 0 Å². The zero-order valence-electron chi connectivity index (χ0n) is 21.8. The van der Waals surface area contributed by atoms with Gasteiger partial charge in [-0.15, -0.1) is 0 Å². The molecular weight excluding hydrogens is 541 g/mol. The third-order valence-electron chi connectivity index (χ3n) is 5.58. The van der Waals surface area contributed by atoms with Gasteiger partial charge in [-0.25, -0.2) is 10.0 Å². The molecule has 0 unspecified atom stereocenters. The van der Waals surface area contributed by atoms with E-state index in [1.54, 1.807) is 7.11 Å². The molecule has 0 N–H and O–H groups in total. The van der Waals surface area contributed by atoms with Crippen LogP contribution < -0.4 is 4.74 Å². The first-order valence-electron chi connectivity index (χ1n) is 11.7. The van der Waals surface area contributed by atoms with E-state index < -0.39 is 17.8 Å². The fourth-order valence-corrected chi connectivity index (χ4v) is 8.38. The molecule has 0 aliphatic heterocycles. The van der Waals surface area contributed by atoms with Gasteiger partial charge in [-0.2, -0.15) is 0 Å². The third kappa shape index (κ3) is 12.1. The minimum Gasteiger partial charge on any atom is 1.00 e. The number of halogens is 6. The van der Waals surface area contributed by atoms with Gasteiger partial charge in [0.2, 0.25) is 0 Å². The second-order valence-corrected chi connectivity index (χ2v) is 14.6. The fraction of sp³-hybridized carbons (Fsp3) is 0.172. The van der Waals surface area contributed by atoms with Crippen LogP contribution in [0.4, 0.5) is 25.2 Å². The molecule has 0 aliphatic rings. The molecule has 0 fully saturated rings. The summed E-state index contributed by atoms with van der Waals surface area (Å²) in [6.45, 7) is 0. The van der Waals surface area contributed by atoms with Gasteiger partial charge in [0, 0.05) is 23.0 Å². The Bertz CT molecular complexity index is 1160. The molecule has 0 bridgehead atoms. The van der Waals surface area contributed by atoms with Gasteiger partial charge in [-0.05, 0) is 34.4 Å². The minimum atomic E-state index is -10.7. The Kier molecular flexibility index (Phi) is 8.89. The van der Waals surface area contributed by atoms with Crippen LogP contribution in [0.25, 0.3) is 0 Å². The van der Waals surface area contributed by atoms with E-state index in [1.807, 2.05) is 0 Å². The standard InChI is InChI=1S/C29H30OS.F6P/c1-30-29-19-17-28(18-20-29)24-31(21-25-11-5-2-6-12-25,22-26-13-7-3-8-14-26)23-27-15-9-4-10-16-27;1-7(2,3,4,5)6/h2-20H,21-24H2,1H3;/q;-1/p+1. The number of ether oxygens (including phenoxy) is 1. The SMILES string of the molecule is COc1ccc(CS(Cc2ccccc2)(Cc2ccccc2)Cc2ccccc2)cc1.F[P-](F)(F)(F)(F)F.[H+]. The summed E-state index contributed by atoms with van der Waals surface area (Å²) in [5.41, 5.74) is 5.67. The van der Waals surface area contributed by atoms with E-state index in [9.17, 15) is 25.2 Å². The smallest absolute Gasteiger partial charge is 1.00 e. The molecule has 0 amide bonds. The fourth-order valence-electron chi connectivity index (χ4n) is 4.16. The Morgan fingerprint density at radius 3 is 1.03 bits per heavy atom. The summed E-state index contributed by atoms with van der Waals surface area (Å²) in [4.78, 5) is 0. The number of methoxy groups -OCH3 is 1. The molecule has 0 saturated heterocycles. The molecule has 0 aliphatic carbocycles. The molecule has 0 radical (unpaired) electrons. The van der Waals surface area contributed by atoms with Gasteiger partial charge in [0.05, 0.1) is 7.11 Å². The van der Waals surface area contributed by atoms with Crippen molar-refractivity contribution in [3.05, 3.63) is 138 Å². The number of rotatable bonds is 9. The van der Waals surface area contributed by atoms with E-state index in [-0.39, 0.29) is 1.43 Å². The van der Waals surface area contributed by atoms with Gasteiger partial charge in [0.25, 0.3) is 0 Å². The van der Waals surface area contributed by atoms with Crippen LogP contribution in [0.2, 0.25) is 0 Å². The molecule has 38 heavy (non-hydrogen) atoms. The summed E-state index contributed by atoms with van der Waals surface area (Å²) in [7, 11) is -10.00. The van der Waals surface area contributed by atoms with E-state index in [1.165, 1.54) is 22.3 Å². The second-order valence-electron chi connectivity index (χ2n) is 9.07. The zero-order valence-corrected chi connectivity index (χ0v) is 22.5. The van der Waals surface area contributed by atoms with Crippen LogP contribution in [0.5, 0.6) is 5.75 Å². The number of hydrogen-bond donors (Lipinski definition) is 0. The topological polar surface area (TPSA) is 9.23 Å².